The van der Waals surface area contributed by atoms with E-state index in [1.54, 1.807) is 0 Å². The van der Waals surface area contributed by atoms with Gasteiger partial charge in [-0.15, -0.1) is 0 Å². The zero-order valence-corrected chi connectivity index (χ0v) is 10.7. The summed E-state index contributed by atoms with van der Waals surface area (Å²) in [6, 6.07) is 0. The fourth-order valence-corrected chi connectivity index (χ4v) is 1.93. The second-order valence-corrected chi connectivity index (χ2v) is 6.62. The Kier molecular flexibility index (Phi) is 4.48. The summed E-state index contributed by atoms with van der Waals surface area (Å²) in [5.74, 6) is 0.873. The van der Waals surface area contributed by atoms with Crippen molar-refractivity contribution in [2.24, 2.45) is 16.7 Å². The zero-order chi connectivity index (χ0) is 10.7. The van der Waals surface area contributed by atoms with Gasteiger partial charge in [-0.2, -0.15) is 0 Å². The Morgan fingerprint density at radius 1 is 0.923 bits per heavy atom. The van der Waals surface area contributed by atoms with Crippen molar-refractivity contribution in [2.75, 3.05) is 0 Å². The van der Waals surface area contributed by atoms with Gasteiger partial charge in [0.25, 0.3) is 0 Å². The van der Waals surface area contributed by atoms with Gasteiger partial charge in [-0.3, -0.25) is 0 Å². The fourth-order valence-electron chi connectivity index (χ4n) is 1.93. The molecule has 0 bridgehead atoms. The number of rotatable bonds is 3. The van der Waals surface area contributed by atoms with Gasteiger partial charge in [-0.05, 0) is 23.2 Å². The molecular formula is C13H28. The van der Waals surface area contributed by atoms with E-state index in [2.05, 4.69) is 48.5 Å². The molecule has 0 aromatic heterocycles. The van der Waals surface area contributed by atoms with Crippen LogP contribution in [0.3, 0.4) is 0 Å². The summed E-state index contributed by atoms with van der Waals surface area (Å²) >= 11 is 0. The van der Waals surface area contributed by atoms with Crippen LogP contribution in [0.1, 0.15) is 67.7 Å². The first-order chi connectivity index (χ1) is 5.67. The van der Waals surface area contributed by atoms with Crippen LogP contribution in [-0.4, -0.2) is 0 Å². The third kappa shape index (κ3) is 6.12. The van der Waals surface area contributed by atoms with Crippen molar-refractivity contribution in [1.29, 1.82) is 0 Å². The summed E-state index contributed by atoms with van der Waals surface area (Å²) in [5.41, 5.74) is 0.955. The Labute approximate surface area is 85.1 Å². The molecule has 0 rings (SSSR count). The highest BCUT2D eigenvalue weighted by molar-refractivity contribution is 4.78. The first-order valence-corrected chi connectivity index (χ1v) is 5.67. The molecule has 0 heteroatoms. The topological polar surface area (TPSA) is 0 Å². The highest BCUT2D eigenvalue weighted by Gasteiger charge is 2.27. The summed E-state index contributed by atoms with van der Waals surface area (Å²) in [7, 11) is 0. The van der Waals surface area contributed by atoms with Gasteiger partial charge in [0.1, 0.15) is 0 Å². The highest BCUT2D eigenvalue weighted by atomic mass is 14.3. The van der Waals surface area contributed by atoms with Gasteiger partial charge in [-0.25, -0.2) is 0 Å². The zero-order valence-electron chi connectivity index (χ0n) is 10.7. The van der Waals surface area contributed by atoms with Crippen molar-refractivity contribution in [2.45, 2.75) is 67.7 Å². The largest absolute Gasteiger partial charge is 0.0654 e. The Morgan fingerprint density at radius 3 is 1.62 bits per heavy atom. The molecule has 0 radical (unpaired) electrons. The van der Waals surface area contributed by atoms with Crippen molar-refractivity contribution in [3.63, 3.8) is 0 Å². The summed E-state index contributed by atoms with van der Waals surface area (Å²) in [6.07, 6.45) is 4.04. The molecule has 0 amide bonds. The lowest BCUT2D eigenvalue weighted by molar-refractivity contribution is 0.154. The molecule has 80 valence electrons. The second kappa shape index (κ2) is 4.48. The Bertz CT molecular complexity index is 131. The van der Waals surface area contributed by atoms with Crippen LogP contribution in [-0.2, 0) is 0 Å². The normalized spacial score (nSPS) is 15.9. The molecule has 0 saturated heterocycles. The van der Waals surface area contributed by atoms with Crippen LogP contribution in [0.25, 0.3) is 0 Å². The van der Waals surface area contributed by atoms with Gasteiger partial charge < -0.3 is 0 Å². The highest BCUT2D eigenvalue weighted by Crippen LogP contribution is 2.38. The van der Waals surface area contributed by atoms with Crippen LogP contribution in [0.15, 0.2) is 0 Å². The van der Waals surface area contributed by atoms with Gasteiger partial charge in [0.05, 0.1) is 0 Å². The second-order valence-electron chi connectivity index (χ2n) is 6.62. The standard InChI is InChI=1S/C13H28/c1-8-9-11(13(5,6)7)10-12(2,3)4/h11H,8-10H2,1-7H3. The monoisotopic (exact) mass is 184 g/mol. The third-order valence-electron chi connectivity index (χ3n) is 2.72. The molecule has 0 fully saturated rings. The minimum atomic E-state index is 0.475. The molecule has 0 heterocycles. The maximum Gasteiger partial charge on any atom is -0.0354 e. The SMILES string of the molecule is CCCC(CC(C)(C)C)C(C)(C)C. The van der Waals surface area contributed by atoms with E-state index in [9.17, 15) is 0 Å². The van der Waals surface area contributed by atoms with Crippen LogP contribution in [0, 0.1) is 16.7 Å². The molecule has 0 spiro atoms. The van der Waals surface area contributed by atoms with E-state index in [1.807, 2.05) is 0 Å². The average Bonchev–Trinajstić information content (AvgIpc) is 1.81. The molecule has 0 saturated carbocycles. The lowest BCUT2D eigenvalue weighted by Gasteiger charge is -2.35. The minimum absolute atomic E-state index is 0.475. The van der Waals surface area contributed by atoms with Gasteiger partial charge >= 0.3 is 0 Å². The van der Waals surface area contributed by atoms with Crippen LogP contribution >= 0.6 is 0 Å². The Balaban J connectivity index is 4.27. The van der Waals surface area contributed by atoms with E-state index in [1.165, 1.54) is 19.3 Å². The Hall–Kier alpha value is 0. The first-order valence-electron chi connectivity index (χ1n) is 5.67. The summed E-state index contributed by atoms with van der Waals surface area (Å²) in [4.78, 5) is 0. The van der Waals surface area contributed by atoms with E-state index < -0.39 is 0 Å². The third-order valence-corrected chi connectivity index (χ3v) is 2.72. The van der Waals surface area contributed by atoms with E-state index in [0.717, 1.165) is 5.92 Å². The van der Waals surface area contributed by atoms with Gasteiger partial charge in [0, 0.05) is 0 Å². The fraction of sp³-hybridized carbons (Fsp3) is 1.00. The predicted octanol–water partition coefficient (Wildman–Crippen LogP) is 4.89. The van der Waals surface area contributed by atoms with Crippen molar-refractivity contribution in [3.05, 3.63) is 0 Å². The molecule has 0 aromatic carbocycles. The molecule has 0 aromatic rings. The maximum absolute atomic E-state index is 2.37. The molecule has 0 aliphatic heterocycles. The smallest absolute Gasteiger partial charge is 0.0354 e. The maximum atomic E-state index is 2.37. The van der Waals surface area contributed by atoms with Crippen molar-refractivity contribution in [3.8, 4) is 0 Å². The minimum Gasteiger partial charge on any atom is -0.0654 e. The molecule has 0 nitrogen and oxygen atoms in total. The van der Waals surface area contributed by atoms with E-state index in [-0.39, 0.29) is 0 Å². The van der Waals surface area contributed by atoms with Crippen molar-refractivity contribution < 1.29 is 0 Å². The first kappa shape index (κ1) is 13.0. The molecule has 0 aliphatic rings. The summed E-state index contributed by atoms with van der Waals surface area (Å²) in [6.45, 7) is 16.5. The Morgan fingerprint density at radius 2 is 1.38 bits per heavy atom. The number of hydrogen-bond donors (Lipinski definition) is 0. The van der Waals surface area contributed by atoms with Crippen molar-refractivity contribution in [1.82, 2.24) is 0 Å². The van der Waals surface area contributed by atoms with Gasteiger partial charge in [0.15, 0.2) is 0 Å². The molecule has 1 unspecified atom stereocenters. The van der Waals surface area contributed by atoms with E-state index in [0.29, 0.717) is 10.8 Å². The molecule has 1 atom stereocenters. The quantitative estimate of drug-likeness (QED) is 0.586. The van der Waals surface area contributed by atoms with E-state index in [4.69, 9.17) is 0 Å². The summed E-state index contributed by atoms with van der Waals surface area (Å²) < 4.78 is 0. The lowest BCUT2D eigenvalue weighted by atomic mass is 9.70. The average molecular weight is 184 g/mol. The van der Waals surface area contributed by atoms with E-state index >= 15 is 0 Å². The van der Waals surface area contributed by atoms with Gasteiger partial charge in [-0.1, -0.05) is 61.3 Å². The van der Waals surface area contributed by atoms with Crippen LogP contribution < -0.4 is 0 Å². The van der Waals surface area contributed by atoms with Crippen LogP contribution in [0.4, 0.5) is 0 Å². The van der Waals surface area contributed by atoms with Crippen LogP contribution in [0.5, 0.6) is 0 Å². The molecule has 0 aliphatic carbocycles. The number of hydrogen-bond acceptors (Lipinski definition) is 0. The molecule has 0 N–H and O–H groups in total. The van der Waals surface area contributed by atoms with Gasteiger partial charge in [0.2, 0.25) is 0 Å². The van der Waals surface area contributed by atoms with Crippen molar-refractivity contribution >= 4 is 0 Å². The lowest BCUT2D eigenvalue weighted by Crippen LogP contribution is -2.25. The molecule has 13 heavy (non-hydrogen) atoms. The van der Waals surface area contributed by atoms with Crippen LogP contribution in [0.2, 0.25) is 0 Å². The predicted molar refractivity (Wildman–Crippen MR) is 61.9 cm³/mol. The summed E-state index contributed by atoms with van der Waals surface area (Å²) in [5, 5.41) is 0. The molecular weight excluding hydrogens is 156 g/mol.